The summed E-state index contributed by atoms with van der Waals surface area (Å²) < 4.78 is 0. The molecule has 0 saturated heterocycles. The van der Waals surface area contributed by atoms with Crippen molar-refractivity contribution in [1.29, 1.82) is 0 Å². The Bertz CT molecular complexity index is 3530. The summed E-state index contributed by atoms with van der Waals surface area (Å²) in [4.78, 5) is 18.3. The minimum Gasteiger partial charge on any atom is -0.247 e. The summed E-state index contributed by atoms with van der Waals surface area (Å²) in [6.07, 6.45) is 0. The molecule has 4 heterocycles. The largest absolute Gasteiger partial charge is 0.247 e. The number of aromatic nitrogens is 3. The van der Waals surface area contributed by atoms with Gasteiger partial charge < -0.3 is 0 Å². The molecule has 0 fully saturated rings. The molecule has 0 bridgehead atoms. The molecular weight excluding hydrogens is 747 g/mol. The third-order valence-electron chi connectivity index (χ3n) is 12.7. The molecule has 1 aliphatic carbocycles. The average Bonchev–Trinajstić information content (AvgIpc) is 3.61. The number of para-hydroxylation sites is 1. The average molecular weight is 780 g/mol. The van der Waals surface area contributed by atoms with E-state index in [1.165, 1.54) is 48.6 Å². The lowest BCUT2D eigenvalue weighted by Gasteiger charge is -2.40. The Balaban J connectivity index is 0.985. The summed E-state index contributed by atoms with van der Waals surface area (Å²) in [5.74, 6) is 0. The highest BCUT2D eigenvalue weighted by Gasteiger charge is 2.50. The van der Waals surface area contributed by atoms with Gasteiger partial charge in [0, 0.05) is 48.0 Å². The van der Waals surface area contributed by atoms with E-state index in [1.807, 2.05) is 17.8 Å². The summed E-state index contributed by atoms with van der Waals surface area (Å²) in [7, 11) is 0. The van der Waals surface area contributed by atoms with Crippen LogP contribution in [0.5, 0.6) is 0 Å². The molecule has 60 heavy (non-hydrogen) atoms. The Morgan fingerprint density at radius 1 is 0.350 bits per heavy atom. The number of hydrogen-bond donors (Lipinski definition) is 0. The van der Waals surface area contributed by atoms with Gasteiger partial charge in [0.2, 0.25) is 0 Å². The third kappa shape index (κ3) is 4.77. The lowest BCUT2D eigenvalue weighted by Crippen LogP contribution is -2.32. The van der Waals surface area contributed by atoms with Crippen molar-refractivity contribution in [3.05, 3.63) is 222 Å². The maximum atomic E-state index is 5.41. The summed E-state index contributed by atoms with van der Waals surface area (Å²) in [6, 6.07) is 72.5. The second-order valence-corrected chi connectivity index (χ2v) is 16.9. The van der Waals surface area contributed by atoms with Crippen LogP contribution in [0.4, 0.5) is 0 Å². The van der Waals surface area contributed by atoms with Crippen LogP contribution in [0.1, 0.15) is 22.3 Å². The molecule has 278 valence electrons. The lowest BCUT2D eigenvalue weighted by molar-refractivity contribution is 0.724. The Hall–Kier alpha value is -7.40. The second-order valence-electron chi connectivity index (χ2n) is 15.9. The van der Waals surface area contributed by atoms with Gasteiger partial charge in [0.1, 0.15) is 0 Å². The normalized spacial score (nSPS) is 13.4. The number of nitrogens with zero attached hydrogens (tertiary/aromatic N) is 3. The highest BCUT2D eigenvalue weighted by Crippen LogP contribution is 2.62. The van der Waals surface area contributed by atoms with Crippen LogP contribution in [-0.4, -0.2) is 15.0 Å². The smallest absolute Gasteiger partial charge is 0.0972 e. The molecule has 0 unspecified atom stereocenters. The minimum atomic E-state index is -0.443. The van der Waals surface area contributed by atoms with Crippen molar-refractivity contribution in [3.63, 3.8) is 0 Å². The van der Waals surface area contributed by atoms with Crippen LogP contribution in [0.3, 0.4) is 0 Å². The van der Waals surface area contributed by atoms with Gasteiger partial charge in [-0.15, -0.1) is 0 Å². The van der Waals surface area contributed by atoms with Gasteiger partial charge in [0.05, 0.1) is 39.0 Å². The van der Waals surface area contributed by atoms with Gasteiger partial charge in [-0.05, 0) is 75.2 Å². The third-order valence-corrected chi connectivity index (χ3v) is 13.8. The quantitative estimate of drug-likeness (QED) is 0.167. The number of pyridine rings is 3. The molecule has 8 aromatic carbocycles. The number of hydrogen-bond acceptors (Lipinski definition) is 4. The van der Waals surface area contributed by atoms with Crippen molar-refractivity contribution in [3.8, 4) is 44.9 Å². The maximum absolute atomic E-state index is 5.41. The molecule has 0 atom stereocenters. The van der Waals surface area contributed by atoms with Crippen LogP contribution in [0.25, 0.3) is 88.4 Å². The maximum Gasteiger partial charge on any atom is 0.0972 e. The first-order chi connectivity index (χ1) is 29.7. The molecule has 0 N–H and O–H groups in total. The number of fused-ring (bicyclic) bond motifs is 15. The summed E-state index contributed by atoms with van der Waals surface area (Å²) >= 11 is 1.88. The zero-order valence-electron chi connectivity index (χ0n) is 32.3. The van der Waals surface area contributed by atoms with Gasteiger partial charge in [0.15, 0.2) is 0 Å². The van der Waals surface area contributed by atoms with E-state index in [1.54, 1.807) is 0 Å². The fourth-order valence-corrected chi connectivity index (χ4v) is 11.2. The predicted octanol–water partition coefficient (Wildman–Crippen LogP) is 14.3. The van der Waals surface area contributed by atoms with Gasteiger partial charge in [-0.3, -0.25) is 0 Å². The van der Waals surface area contributed by atoms with Gasteiger partial charge >= 0.3 is 0 Å². The molecule has 0 radical (unpaired) electrons. The highest BCUT2D eigenvalue weighted by atomic mass is 32.2. The minimum absolute atomic E-state index is 0.443. The van der Waals surface area contributed by atoms with E-state index in [0.717, 1.165) is 71.9 Å². The van der Waals surface area contributed by atoms with Crippen LogP contribution in [0.15, 0.2) is 210 Å². The second kappa shape index (κ2) is 12.8. The van der Waals surface area contributed by atoms with Gasteiger partial charge in [-0.1, -0.05) is 176 Å². The number of rotatable bonds is 3. The molecule has 3 nitrogen and oxygen atoms in total. The van der Waals surface area contributed by atoms with Gasteiger partial charge in [0.25, 0.3) is 0 Å². The molecule has 0 saturated carbocycles. The molecule has 13 rings (SSSR count). The molecule has 1 aliphatic heterocycles. The first kappa shape index (κ1) is 33.6. The zero-order chi connectivity index (χ0) is 39.4. The lowest BCUT2D eigenvalue weighted by atomic mass is 9.67. The molecule has 1 spiro atoms. The molecule has 3 aromatic heterocycles. The zero-order valence-corrected chi connectivity index (χ0v) is 33.1. The van der Waals surface area contributed by atoms with E-state index < -0.39 is 5.41 Å². The van der Waals surface area contributed by atoms with E-state index in [9.17, 15) is 0 Å². The van der Waals surface area contributed by atoms with Crippen LogP contribution in [0, 0.1) is 0 Å². The van der Waals surface area contributed by atoms with Crippen molar-refractivity contribution < 1.29 is 0 Å². The summed E-state index contributed by atoms with van der Waals surface area (Å²) in [6.45, 7) is 0. The van der Waals surface area contributed by atoms with Crippen LogP contribution >= 0.6 is 11.8 Å². The van der Waals surface area contributed by atoms with Crippen molar-refractivity contribution in [2.75, 3.05) is 0 Å². The van der Waals surface area contributed by atoms with E-state index in [2.05, 4.69) is 194 Å². The van der Waals surface area contributed by atoms with Crippen LogP contribution < -0.4 is 0 Å². The summed E-state index contributed by atoms with van der Waals surface area (Å²) in [5, 5.41) is 5.67. The standard InChI is InChI=1S/C56H33N3S/c1-2-12-34(13-3-1)48-30-28-37-26-27-38-29-31-49(58-55(38)54(37)57-48)35-22-24-36(25-23-35)53-43-33-52-47(32-42(43)41-16-6-10-20-50(41)59-53)56(46-19-9-11-21-51(46)60-52)44-17-7-4-14-39(44)40-15-5-8-18-45(40)56/h1-33H. The predicted molar refractivity (Wildman–Crippen MR) is 248 cm³/mol. The Kier molecular flexibility index (Phi) is 7.16. The fourth-order valence-electron chi connectivity index (χ4n) is 10.0. The molecule has 0 amide bonds. The van der Waals surface area contributed by atoms with Crippen LogP contribution in [0.2, 0.25) is 0 Å². The fraction of sp³-hybridized carbons (Fsp3) is 0.0179. The Morgan fingerprint density at radius 2 is 0.900 bits per heavy atom. The molecule has 4 heteroatoms. The Labute approximate surface area is 351 Å². The highest BCUT2D eigenvalue weighted by molar-refractivity contribution is 7.99. The number of benzene rings is 8. The first-order valence-electron chi connectivity index (χ1n) is 20.4. The SMILES string of the molecule is c1ccc(-c2ccc3ccc4ccc(-c5ccc(-c6nc7ccccc7c7cc8c(cc67)Sc6ccccc6C86c7ccccc7-c7ccccc76)cc5)nc4c3n2)cc1. The molecule has 2 aliphatic rings. The van der Waals surface area contributed by atoms with Crippen molar-refractivity contribution in [2.24, 2.45) is 0 Å². The van der Waals surface area contributed by atoms with Crippen LogP contribution in [-0.2, 0) is 5.41 Å². The summed E-state index contributed by atoms with van der Waals surface area (Å²) in [5.41, 5.74) is 16.4. The van der Waals surface area contributed by atoms with Crippen molar-refractivity contribution in [1.82, 2.24) is 15.0 Å². The van der Waals surface area contributed by atoms with E-state index in [-0.39, 0.29) is 0 Å². The molecule has 11 aromatic rings. The van der Waals surface area contributed by atoms with E-state index in [0.29, 0.717) is 0 Å². The van der Waals surface area contributed by atoms with E-state index >= 15 is 0 Å². The van der Waals surface area contributed by atoms with E-state index in [4.69, 9.17) is 15.0 Å². The molecular formula is C56H33N3S. The van der Waals surface area contributed by atoms with Crippen molar-refractivity contribution >= 4 is 55.2 Å². The topological polar surface area (TPSA) is 38.7 Å². The first-order valence-corrected chi connectivity index (χ1v) is 21.2. The van der Waals surface area contributed by atoms with Gasteiger partial charge in [-0.25, -0.2) is 15.0 Å². The van der Waals surface area contributed by atoms with Crippen molar-refractivity contribution in [2.45, 2.75) is 15.2 Å². The Morgan fingerprint density at radius 3 is 1.60 bits per heavy atom. The monoisotopic (exact) mass is 779 g/mol. The van der Waals surface area contributed by atoms with Gasteiger partial charge in [-0.2, -0.15) is 0 Å².